The Balaban J connectivity index is 1.53. The molecule has 0 atom stereocenters. The second-order valence-corrected chi connectivity index (χ2v) is 6.14. The maximum absolute atomic E-state index is 12.4. The summed E-state index contributed by atoms with van der Waals surface area (Å²) < 4.78 is 21.6. The van der Waals surface area contributed by atoms with Crippen LogP contribution in [0.1, 0.15) is 27.6 Å². The van der Waals surface area contributed by atoms with Crippen LogP contribution in [0.5, 0.6) is 17.2 Å². The van der Waals surface area contributed by atoms with Crippen molar-refractivity contribution in [2.45, 2.75) is 6.92 Å². The summed E-state index contributed by atoms with van der Waals surface area (Å²) in [7, 11) is 0. The number of rotatable bonds is 9. The Morgan fingerprint density at radius 3 is 1.97 bits per heavy atom. The summed E-state index contributed by atoms with van der Waals surface area (Å²) >= 11 is 0. The fourth-order valence-corrected chi connectivity index (χ4v) is 2.61. The molecule has 0 amide bonds. The number of ether oxygens (including phenoxy) is 4. The predicted molar refractivity (Wildman–Crippen MR) is 111 cm³/mol. The zero-order valence-electron chi connectivity index (χ0n) is 16.6. The average molecular weight is 406 g/mol. The van der Waals surface area contributed by atoms with E-state index in [0.29, 0.717) is 24.5 Å². The first-order valence-corrected chi connectivity index (χ1v) is 9.56. The third kappa shape index (κ3) is 5.85. The zero-order chi connectivity index (χ0) is 21.2. The summed E-state index contributed by atoms with van der Waals surface area (Å²) in [6, 6.07) is 22.5. The van der Waals surface area contributed by atoms with E-state index >= 15 is 0 Å². The molecule has 0 aliphatic rings. The molecular formula is C24H22O6. The van der Waals surface area contributed by atoms with Crippen molar-refractivity contribution in [3.05, 3.63) is 90.0 Å². The molecule has 0 N–H and O–H groups in total. The molecule has 3 rings (SSSR count). The van der Waals surface area contributed by atoms with E-state index in [4.69, 9.17) is 18.9 Å². The van der Waals surface area contributed by atoms with Gasteiger partial charge in [0.15, 0.2) is 0 Å². The van der Waals surface area contributed by atoms with Crippen LogP contribution in [0.25, 0.3) is 0 Å². The molecule has 6 nitrogen and oxygen atoms in total. The highest BCUT2D eigenvalue weighted by atomic mass is 16.5. The monoisotopic (exact) mass is 406 g/mol. The maximum atomic E-state index is 12.4. The lowest BCUT2D eigenvalue weighted by molar-refractivity contribution is 0.0520. The van der Waals surface area contributed by atoms with E-state index in [9.17, 15) is 9.59 Å². The van der Waals surface area contributed by atoms with Gasteiger partial charge in [0.1, 0.15) is 36.0 Å². The van der Waals surface area contributed by atoms with Gasteiger partial charge in [0.25, 0.3) is 0 Å². The van der Waals surface area contributed by atoms with Crippen LogP contribution >= 0.6 is 0 Å². The van der Waals surface area contributed by atoms with E-state index in [2.05, 4.69) is 0 Å². The number of hydrogen-bond acceptors (Lipinski definition) is 6. The Morgan fingerprint density at radius 2 is 1.30 bits per heavy atom. The van der Waals surface area contributed by atoms with Gasteiger partial charge < -0.3 is 18.9 Å². The molecule has 0 unspecified atom stereocenters. The van der Waals surface area contributed by atoms with E-state index in [1.807, 2.05) is 30.3 Å². The van der Waals surface area contributed by atoms with Crippen molar-refractivity contribution in [3.63, 3.8) is 0 Å². The molecule has 0 heterocycles. The van der Waals surface area contributed by atoms with Gasteiger partial charge >= 0.3 is 11.9 Å². The van der Waals surface area contributed by atoms with Crippen LogP contribution < -0.4 is 14.2 Å². The molecule has 3 aromatic carbocycles. The first-order valence-electron chi connectivity index (χ1n) is 9.56. The number of hydrogen-bond donors (Lipinski definition) is 0. The molecule has 0 bridgehead atoms. The van der Waals surface area contributed by atoms with E-state index < -0.39 is 11.9 Å². The lowest BCUT2D eigenvalue weighted by Gasteiger charge is -2.10. The minimum absolute atomic E-state index is 0.152. The molecule has 30 heavy (non-hydrogen) atoms. The minimum Gasteiger partial charge on any atom is -0.490 e. The summed E-state index contributed by atoms with van der Waals surface area (Å²) in [6.07, 6.45) is 0. The van der Waals surface area contributed by atoms with Gasteiger partial charge in [0.05, 0.1) is 12.2 Å². The summed E-state index contributed by atoms with van der Waals surface area (Å²) in [6.45, 7) is 2.72. The van der Waals surface area contributed by atoms with Gasteiger partial charge in [0.2, 0.25) is 0 Å². The second kappa shape index (κ2) is 10.7. The fourth-order valence-electron chi connectivity index (χ4n) is 2.61. The van der Waals surface area contributed by atoms with Crippen molar-refractivity contribution < 1.29 is 28.5 Å². The third-order valence-electron chi connectivity index (χ3n) is 4.04. The van der Waals surface area contributed by atoms with Gasteiger partial charge in [-0.2, -0.15) is 0 Å². The van der Waals surface area contributed by atoms with Crippen molar-refractivity contribution in [1.29, 1.82) is 0 Å². The van der Waals surface area contributed by atoms with Gasteiger partial charge in [-0.15, -0.1) is 0 Å². The van der Waals surface area contributed by atoms with Gasteiger partial charge in [-0.1, -0.05) is 30.3 Å². The van der Waals surface area contributed by atoms with Crippen molar-refractivity contribution in [3.8, 4) is 17.2 Å². The largest absolute Gasteiger partial charge is 0.490 e. The van der Waals surface area contributed by atoms with Crippen molar-refractivity contribution in [2.24, 2.45) is 0 Å². The molecule has 6 heteroatoms. The summed E-state index contributed by atoms with van der Waals surface area (Å²) in [5.41, 5.74) is 0.535. The van der Waals surface area contributed by atoms with E-state index in [1.54, 1.807) is 55.5 Å². The highest BCUT2D eigenvalue weighted by Gasteiger charge is 2.17. The first-order chi connectivity index (χ1) is 14.7. The van der Waals surface area contributed by atoms with Crippen LogP contribution in [0.3, 0.4) is 0 Å². The summed E-state index contributed by atoms with van der Waals surface area (Å²) in [5.74, 6) is 0.421. The Kier molecular flexibility index (Phi) is 7.44. The van der Waals surface area contributed by atoms with Crippen molar-refractivity contribution >= 4 is 11.9 Å². The Bertz CT molecular complexity index is 967. The van der Waals surface area contributed by atoms with Crippen LogP contribution in [0.15, 0.2) is 78.9 Å². The van der Waals surface area contributed by atoms with Crippen LogP contribution in [0.2, 0.25) is 0 Å². The molecule has 3 aromatic rings. The highest BCUT2D eigenvalue weighted by Crippen LogP contribution is 2.21. The Morgan fingerprint density at radius 1 is 0.700 bits per heavy atom. The lowest BCUT2D eigenvalue weighted by Crippen LogP contribution is -2.13. The fraction of sp³-hybridized carbons (Fsp3) is 0.167. The predicted octanol–water partition coefficient (Wildman–Crippen LogP) is 4.54. The molecule has 0 spiro atoms. The lowest BCUT2D eigenvalue weighted by atomic mass is 10.2. The van der Waals surface area contributed by atoms with E-state index in [-0.39, 0.29) is 17.9 Å². The van der Waals surface area contributed by atoms with Gasteiger partial charge in [-0.05, 0) is 55.5 Å². The maximum Gasteiger partial charge on any atom is 0.343 e. The molecule has 0 saturated carbocycles. The van der Waals surface area contributed by atoms with Gasteiger partial charge in [-0.25, -0.2) is 9.59 Å². The highest BCUT2D eigenvalue weighted by molar-refractivity contribution is 5.96. The number of carbonyl (C=O) groups excluding carboxylic acids is 2. The first kappa shape index (κ1) is 20.9. The van der Waals surface area contributed by atoms with Crippen LogP contribution in [0, 0.1) is 0 Å². The number of esters is 2. The standard InChI is InChI=1S/C24H22O6/c1-2-27-24(26)21-10-6-7-11-22(21)30-23(25)18-12-14-20(15-13-18)29-17-16-28-19-8-4-3-5-9-19/h3-15H,2,16-17H2,1H3. The molecule has 154 valence electrons. The third-order valence-corrected chi connectivity index (χ3v) is 4.04. The summed E-state index contributed by atoms with van der Waals surface area (Å²) in [5, 5.41) is 0. The van der Waals surface area contributed by atoms with Crippen LogP contribution in [-0.2, 0) is 4.74 Å². The smallest absolute Gasteiger partial charge is 0.343 e. The van der Waals surface area contributed by atoms with Gasteiger partial charge in [-0.3, -0.25) is 0 Å². The van der Waals surface area contributed by atoms with Crippen molar-refractivity contribution in [2.75, 3.05) is 19.8 Å². The van der Waals surface area contributed by atoms with Crippen LogP contribution in [0.4, 0.5) is 0 Å². The van der Waals surface area contributed by atoms with E-state index in [1.165, 1.54) is 0 Å². The minimum atomic E-state index is -0.578. The topological polar surface area (TPSA) is 71.1 Å². The molecule has 0 aliphatic carbocycles. The zero-order valence-corrected chi connectivity index (χ0v) is 16.6. The van der Waals surface area contributed by atoms with E-state index in [0.717, 1.165) is 5.75 Å². The molecule has 0 radical (unpaired) electrons. The number of carbonyl (C=O) groups is 2. The Labute approximate surface area is 175 Å². The molecule has 0 fully saturated rings. The molecule has 0 aromatic heterocycles. The normalized spacial score (nSPS) is 10.2. The molecule has 0 saturated heterocycles. The average Bonchev–Trinajstić information content (AvgIpc) is 2.78. The number of para-hydroxylation sites is 2. The number of benzene rings is 3. The Hall–Kier alpha value is -3.80. The SMILES string of the molecule is CCOC(=O)c1ccccc1OC(=O)c1ccc(OCCOc2ccccc2)cc1. The van der Waals surface area contributed by atoms with Crippen LogP contribution in [-0.4, -0.2) is 31.8 Å². The van der Waals surface area contributed by atoms with Gasteiger partial charge in [0, 0.05) is 0 Å². The quantitative estimate of drug-likeness (QED) is 0.295. The van der Waals surface area contributed by atoms with Crippen molar-refractivity contribution in [1.82, 2.24) is 0 Å². The summed E-state index contributed by atoms with van der Waals surface area (Å²) in [4.78, 5) is 24.4. The molecular weight excluding hydrogens is 384 g/mol. The molecule has 0 aliphatic heterocycles. The second-order valence-electron chi connectivity index (χ2n) is 6.14.